The van der Waals surface area contributed by atoms with Crippen LogP contribution in [0.25, 0.3) is 11.3 Å². The van der Waals surface area contributed by atoms with E-state index < -0.39 is 0 Å². The summed E-state index contributed by atoms with van der Waals surface area (Å²) in [4.78, 5) is 2.55. The molecule has 6 heteroatoms. The molecule has 2 fully saturated rings. The molecule has 0 saturated carbocycles. The molecule has 0 aliphatic carbocycles. The molecule has 0 spiro atoms. The summed E-state index contributed by atoms with van der Waals surface area (Å²) in [6, 6.07) is 10.1. The zero-order chi connectivity index (χ0) is 16.6. The molecule has 2 aromatic rings. The number of benzene rings is 1. The largest absolute Gasteiger partial charge is 0.493 e. The summed E-state index contributed by atoms with van der Waals surface area (Å²) in [6.45, 7) is 3.56. The minimum absolute atomic E-state index is 0. The van der Waals surface area contributed by atoms with Gasteiger partial charge in [-0.15, -0.1) is 12.4 Å². The number of ether oxygens (including phenoxy) is 2. The third-order valence-corrected chi connectivity index (χ3v) is 5.45. The molecule has 2 atom stereocenters. The van der Waals surface area contributed by atoms with Crippen LogP contribution in [-0.4, -0.2) is 49.0 Å². The zero-order valence-corrected chi connectivity index (χ0v) is 15.5. The molecule has 2 saturated heterocycles. The van der Waals surface area contributed by atoms with Crippen molar-refractivity contribution in [2.45, 2.75) is 24.7 Å². The molecule has 0 N–H and O–H groups in total. The molecule has 2 aliphatic rings. The summed E-state index contributed by atoms with van der Waals surface area (Å²) in [6.07, 6.45) is 3.70. The molecule has 0 radical (unpaired) electrons. The maximum absolute atomic E-state index is 5.38. The van der Waals surface area contributed by atoms with Gasteiger partial charge >= 0.3 is 0 Å². The van der Waals surface area contributed by atoms with E-state index in [1.165, 1.54) is 32.4 Å². The van der Waals surface area contributed by atoms with Gasteiger partial charge in [0, 0.05) is 17.5 Å². The summed E-state index contributed by atoms with van der Waals surface area (Å²) in [5, 5.41) is 9.10. The summed E-state index contributed by atoms with van der Waals surface area (Å²) >= 11 is 0. The van der Waals surface area contributed by atoms with Crippen LogP contribution in [0.15, 0.2) is 30.3 Å². The van der Waals surface area contributed by atoms with Gasteiger partial charge in [-0.05, 0) is 62.7 Å². The van der Waals surface area contributed by atoms with E-state index in [0.29, 0.717) is 5.75 Å². The van der Waals surface area contributed by atoms with E-state index in [-0.39, 0.29) is 17.8 Å². The molecule has 1 aromatic heterocycles. The minimum Gasteiger partial charge on any atom is -0.493 e. The Morgan fingerprint density at radius 1 is 0.960 bits per heavy atom. The molecular formula is C19H24ClN3O2. The predicted octanol–water partition coefficient (Wildman–Crippen LogP) is 3.32. The van der Waals surface area contributed by atoms with E-state index >= 15 is 0 Å². The van der Waals surface area contributed by atoms with Gasteiger partial charge in [-0.2, -0.15) is 10.2 Å². The van der Waals surface area contributed by atoms with Crippen molar-refractivity contribution >= 4 is 12.4 Å². The van der Waals surface area contributed by atoms with Crippen LogP contribution in [0.3, 0.4) is 0 Å². The molecule has 2 aliphatic heterocycles. The van der Waals surface area contributed by atoms with Gasteiger partial charge in [0.25, 0.3) is 0 Å². The number of aromatic nitrogens is 2. The number of hydrogen-bond acceptors (Lipinski definition) is 5. The molecule has 5 nitrogen and oxygen atoms in total. The first-order valence-corrected chi connectivity index (χ1v) is 8.53. The summed E-state index contributed by atoms with van der Waals surface area (Å²) in [5.74, 6) is 1.43. The van der Waals surface area contributed by atoms with E-state index in [0.717, 1.165) is 29.2 Å². The normalized spacial score (nSPS) is 24.5. The van der Waals surface area contributed by atoms with Crippen molar-refractivity contribution in [3.05, 3.63) is 36.0 Å². The number of rotatable bonds is 4. The average Bonchev–Trinajstić information content (AvgIpc) is 2.96. The molecule has 134 valence electrons. The standard InChI is InChI=1S/C19H23N3O2.ClH/c1-23-16-6-4-14(12-17(16)24-2)15-5-7-18(21-20-15)19-8-3-10-22(13-19)11-9-19;/h4-7,12H,3,8-11,13H2,1-2H3;1H/t19-;/m0./s1. The maximum Gasteiger partial charge on any atom is 0.161 e. The second-order valence-corrected chi connectivity index (χ2v) is 6.78. The zero-order valence-electron chi connectivity index (χ0n) is 14.7. The van der Waals surface area contributed by atoms with Crippen LogP contribution in [0.5, 0.6) is 11.5 Å². The first kappa shape index (κ1) is 18.0. The molecule has 0 amide bonds. The third-order valence-electron chi connectivity index (χ3n) is 5.45. The number of hydrogen-bond donors (Lipinski definition) is 0. The van der Waals surface area contributed by atoms with Gasteiger partial charge in [0.1, 0.15) is 0 Å². The SMILES string of the molecule is COc1ccc(-c2ccc([C@@]34CCCN(CC3)C4)nn2)cc1OC.Cl. The van der Waals surface area contributed by atoms with E-state index in [9.17, 15) is 0 Å². The molecule has 2 bridgehead atoms. The van der Waals surface area contributed by atoms with Crippen molar-refractivity contribution in [3.63, 3.8) is 0 Å². The highest BCUT2D eigenvalue weighted by atomic mass is 35.5. The fourth-order valence-electron chi connectivity index (χ4n) is 4.10. The van der Waals surface area contributed by atoms with Gasteiger partial charge in [0.2, 0.25) is 0 Å². The quantitative estimate of drug-likeness (QED) is 0.836. The Morgan fingerprint density at radius 3 is 2.52 bits per heavy atom. The Labute approximate surface area is 154 Å². The van der Waals surface area contributed by atoms with E-state index in [4.69, 9.17) is 9.47 Å². The van der Waals surface area contributed by atoms with Gasteiger partial charge in [-0.25, -0.2) is 0 Å². The van der Waals surface area contributed by atoms with Crippen molar-refractivity contribution < 1.29 is 9.47 Å². The first-order chi connectivity index (χ1) is 11.7. The Bertz CT molecular complexity index is 734. The second kappa shape index (κ2) is 7.18. The van der Waals surface area contributed by atoms with Crippen molar-refractivity contribution in [2.75, 3.05) is 33.9 Å². The number of piperidine rings is 1. The van der Waals surface area contributed by atoms with Crippen molar-refractivity contribution in [1.82, 2.24) is 15.1 Å². The lowest BCUT2D eigenvalue weighted by Gasteiger charge is -2.33. The van der Waals surface area contributed by atoms with E-state index in [1.807, 2.05) is 18.2 Å². The van der Waals surface area contributed by atoms with Gasteiger partial charge in [-0.1, -0.05) is 0 Å². The van der Waals surface area contributed by atoms with Crippen molar-refractivity contribution in [2.24, 2.45) is 0 Å². The van der Waals surface area contributed by atoms with Crippen LogP contribution in [-0.2, 0) is 5.41 Å². The molecule has 1 unspecified atom stereocenters. The number of halogens is 1. The van der Waals surface area contributed by atoms with Gasteiger partial charge < -0.3 is 14.4 Å². The molecule has 4 rings (SSSR count). The highest BCUT2D eigenvalue weighted by molar-refractivity contribution is 5.85. The Balaban J connectivity index is 0.00000182. The Hall–Kier alpha value is -1.85. The van der Waals surface area contributed by atoms with Crippen molar-refractivity contribution in [3.8, 4) is 22.8 Å². The average molecular weight is 362 g/mol. The Kier molecular flexibility index (Phi) is 5.16. The van der Waals surface area contributed by atoms with Crippen molar-refractivity contribution in [1.29, 1.82) is 0 Å². The highest BCUT2D eigenvalue weighted by Crippen LogP contribution is 2.41. The van der Waals surface area contributed by atoms with Crippen LogP contribution < -0.4 is 9.47 Å². The highest BCUT2D eigenvalue weighted by Gasteiger charge is 2.43. The molecular weight excluding hydrogens is 338 g/mol. The van der Waals surface area contributed by atoms with E-state index in [2.05, 4.69) is 27.2 Å². The lowest BCUT2D eigenvalue weighted by atomic mass is 9.78. The van der Waals surface area contributed by atoms with Gasteiger partial charge in [0.05, 0.1) is 25.6 Å². The number of methoxy groups -OCH3 is 2. The topological polar surface area (TPSA) is 47.5 Å². The first-order valence-electron chi connectivity index (χ1n) is 8.53. The number of nitrogens with zero attached hydrogens (tertiary/aromatic N) is 3. The lowest BCUT2D eigenvalue weighted by molar-refractivity contribution is 0.239. The third kappa shape index (κ3) is 3.18. The number of fused-ring (bicyclic) bond motifs is 2. The molecule has 25 heavy (non-hydrogen) atoms. The second-order valence-electron chi connectivity index (χ2n) is 6.78. The molecule has 1 aromatic carbocycles. The summed E-state index contributed by atoms with van der Waals surface area (Å²) in [7, 11) is 3.28. The maximum atomic E-state index is 5.38. The van der Waals surface area contributed by atoms with Gasteiger partial charge in [0.15, 0.2) is 11.5 Å². The van der Waals surface area contributed by atoms with E-state index in [1.54, 1.807) is 14.2 Å². The fourth-order valence-corrected chi connectivity index (χ4v) is 4.10. The summed E-state index contributed by atoms with van der Waals surface area (Å²) < 4.78 is 10.7. The minimum atomic E-state index is 0. The van der Waals surface area contributed by atoms with Crippen LogP contribution in [0.4, 0.5) is 0 Å². The monoisotopic (exact) mass is 361 g/mol. The van der Waals surface area contributed by atoms with Crippen LogP contribution >= 0.6 is 12.4 Å². The van der Waals surface area contributed by atoms with Gasteiger partial charge in [-0.3, -0.25) is 0 Å². The smallest absolute Gasteiger partial charge is 0.161 e. The lowest BCUT2D eigenvalue weighted by Crippen LogP contribution is -2.37. The molecule has 3 heterocycles. The fraction of sp³-hybridized carbons (Fsp3) is 0.474. The summed E-state index contributed by atoms with van der Waals surface area (Å²) in [5.41, 5.74) is 3.22. The predicted molar refractivity (Wildman–Crippen MR) is 99.8 cm³/mol. The Morgan fingerprint density at radius 2 is 1.80 bits per heavy atom. The van der Waals surface area contributed by atoms with Crippen LogP contribution in [0.2, 0.25) is 0 Å². The van der Waals surface area contributed by atoms with Crippen LogP contribution in [0.1, 0.15) is 25.0 Å². The van der Waals surface area contributed by atoms with Crippen LogP contribution in [0, 0.1) is 0 Å².